The van der Waals surface area contributed by atoms with Gasteiger partial charge in [0.1, 0.15) is 0 Å². The lowest BCUT2D eigenvalue weighted by Crippen LogP contribution is -2.01. The SMILES string of the molecule is C=C(C)[C@H]1CC=C(C)CCC=C(C)CC/C=C(\C)CC1. The van der Waals surface area contributed by atoms with E-state index in [2.05, 4.69) is 52.5 Å². The summed E-state index contributed by atoms with van der Waals surface area (Å²) >= 11 is 0. The average Bonchev–Trinajstić information content (AvgIpc) is 2.37. The highest BCUT2D eigenvalue weighted by Gasteiger charge is 2.08. The van der Waals surface area contributed by atoms with Crippen molar-refractivity contribution in [3.8, 4) is 0 Å². The summed E-state index contributed by atoms with van der Waals surface area (Å²) in [7, 11) is 0. The van der Waals surface area contributed by atoms with E-state index >= 15 is 0 Å². The van der Waals surface area contributed by atoms with Gasteiger partial charge in [-0.15, -0.1) is 0 Å². The molecule has 20 heavy (non-hydrogen) atoms. The molecule has 0 fully saturated rings. The molecule has 0 aromatic carbocycles. The first kappa shape index (κ1) is 17.0. The van der Waals surface area contributed by atoms with Crippen LogP contribution < -0.4 is 0 Å². The van der Waals surface area contributed by atoms with Gasteiger partial charge in [-0.3, -0.25) is 0 Å². The average molecular weight is 272 g/mol. The van der Waals surface area contributed by atoms with Gasteiger partial charge in [-0.05, 0) is 78.6 Å². The van der Waals surface area contributed by atoms with E-state index in [4.69, 9.17) is 0 Å². The third kappa shape index (κ3) is 6.93. The Morgan fingerprint density at radius 3 is 1.95 bits per heavy atom. The van der Waals surface area contributed by atoms with Crippen LogP contribution in [0, 0.1) is 5.92 Å². The summed E-state index contributed by atoms with van der Waals surface area (Å²) in [5.41, 5.74) is 5.95. The molecular weight excluding hydrogens is 240 g/mol. The van der Waals surface area contributed by atoms with Crippen molar-refractivity contribution in [1.29, 1.82) is 0 Å². The van der Waals surface area contributed by atoms with Crippen molar-refractivity contribution in [2.45, 2.75) is 72.6 Å². The molecule has 112 valence electrons. The molecule has 0 unspecified atom stereocenters. The van der Waals surface area contributed by atoms with Gasteiger partial charge < -0.3 is 0 Å². The van der Waals surface area contributed by atoms with Crippen molar-refractivity contribution >= 4 is 0 Å². The summed E-state index contributed by atoms with van der Waals surface area (Å²) in [5, 5.41) is 0. The van der Waals surface area contributed by atoms with Crippen LogP contribution in [-0.2, 0) is 0 Å². The van der Waals surface area contributed by atoms with Crippen LogP contribution in [0.1, 0.15) is 72.6 Å². The van der Waals surface area contributed by atoms with Gasteiger partial charge >= 0.3 is 0 Å². The fourth-order valence-corrected chi connectivity index (χ4v) is 2.71. The standard InChI is InChI=1S/C20H32/c1-16(2)20-14-12-18(4)10-6-8-17(3)9-7-11-19(5)13-15-20/h8,11-12,20H,1,6-7,9-10,13-15H2,2-5H3/b17-8?,18-12?,19-11+/t20-/m0/s1. The highest BCUT2D eigenvalue weighted by atomic mass is 14.1. The molecule has 0 N–H and O–H groups in total. The molecule has 0 bridgehead atoms. The molecule has 0 spiro atoms. The largest absolute Gasteiger partial charge is 0.0998 e. The van der Waals surface area contributed by atoms with Crippen molar-refractivity contribution in [3.63, 3.8) is 0 Å². The Labute approximate surface area is 126 Å². The zero-order valence-corrected chi connectivity index (χ0v) is 14.0. The van der Waals surface area contributed by atoms with Crippen LogP contribution in [-0.4, -0.2) is 0 Å². The van der Waals surface area contributed by atoms with E-state index in [9.17, 15) is 0 Å². The summed E-state index contributed by atoms with van der Waals surface area (Å²) in [5.74, 6) is 0.647. The number of rotatable bonds is 1. The van der Waals surface area contributed by atoms with Gasteiger partial charge in [-0.2, -0.15) is 0 Å². The Balaban J connectivity index is 2.77. The predicted octanol–water partition coefficient (Wildman–Crippen LogP) is 6.76. The van der Waals surface area contributed by atoms with Gasteiger partial charge in [0.25, 0.3) is 0 Å². The molecule has 0 nitrogen and oxygen atoms in total. The first-order valence-corrected chi connectivity index (χ1v) is 8.11. The van der Waals surface area contributed by atoms with Gasteiger partial charge in [0, 0.05) is 0 Å². The second-order valence-electron chi connectivity index (χ2n) is 6.55. The summed E-state index contributed by atoms with van der Waals surface area (Å²) in [6.45, 7) is 13.2. The quantitative estimate of drug-likeness (QED) is 0.462. The molecule has 0 saturated heterocycles. The second kappa shape index (κ2) is 9.00. The van der Waals surface area contributed by atoms with Gasteiger partial charge in [0.2, 0.25) is 0 Å². The fraction of sp³-hybridized carbons (Fsp3) is 0.600. The molecule has 0 aromatic heterocycles. The molecule has 0 aliphatic heterocycles. The molecule has 0 heteroatoms. The van der Waals surface area contributed by atoms with Gasteiger partial charge in [0.05, 0.1) is 0 Å². The van der Waals surface area contributed by atoms with Crippen molar-refractivity contribution in [2.75, 3.05) is 0 Å². The lowest BCUT2D eigenvalue weighted by atomic mass is 9.89. The lowest BCUT2D eigenvalue weighted by Gasteiger charge is -2.16. The Morgan fingerprint density at radius 2 is 1.40 bits per heavy atom. The molecule has 0 amide bonds. The molecule has 1 aliphatic rings. The Kier molecular flexibility index (Phi) is 7.65. The second-order valence-corrected chi connectivity index (χ2v) is 6.55. The first-order chi connectivity index (χ1) is 9.49. The van der Waals surface area contributed by atoms with Crippen LogP contribution in [0.4, 0.5) is 0 Å². The molecule has 0 aromatic rings. The monoisotopic (exact) mass is 272 g/mol. The molecule has 1 atom stereocenters. The summed E-state index contributed by atoms with van der Waals surface area (Å²) < 4.78 is 0. The highest BCUT2D eigenvalue weighted by Crippen LogP contribution is 2.24. The topological polar surface area (TPSA) is 0 Å². The van der Waals surface area contributed by atoms with Crippen molar-refractivity contribution in [3.05, 3.63) is 47.1 Å². The van der Waals surface area contributed by atoms with Crippen LogP contribution >= 0.6 is 0 Å². The van der Waals surface area contributed by atoms with Gasteiger partial charge in [0.15, 0.2) is 0 Å². The molecule has 1 rings (SSSR count). The smallest absolute Gasteiger partial charge is 0.0171 e. The number of hydrogen-bond donors (Lipinski definition) is 0. The third-order valence-corrected chi connectivity index (χ3v) is 4.40. The zero-order valence-electron chi connectivity index (χ0n) is 14.0. The van der Waals surface area contributed by atoms with Crippen molar-refractivity contribution in [1.82, 2.24) is 0 Å². The van der Waals surface area contributed by atoms with Crippen molar-refractivity contribution in [2.24, 2.45) is 5.92 Å². The van der Waals surface area contributed by atoms with Crippen LogP contribution in [0.25, 0.3) is 0 Å². The number of hydrogen-bond acceptors (Lipinski definition) is 0. The van der Waals surface area contributed by atoms with Crippen LogP contribution in [0.5, 0.6) is 0 Å². The molecular formula is C20H32. The van der Waals surface area contributed by atoms with Crippen LogP contribution in [0.3, 0.4) is 0 Å². The predicted molar refractivity (Wildman–Crippen MR) is 91.9 cm³/mol. The minimum atomic E-state index is 0.647. The maximum atomic E-state index is 4.18. The van der Waals surface area contributed by atoms with E-state index in [0.717, 1.165) is 6.42 Å². The highest BCUT2D eigenvalue weighted by molar-refractivity contribution is 5.09. The molecule has 0 heterocycles. The Morgan fingerprint density at radius 1 is 0.900 bits per heavy atom. The van der Waals surface area contributed by atoms with E-state index in [1.807, 2.05) is 0 Å². The van der Waals surface area contributed by atoms with Crippen LogP contribution in [0.2, 0.25) is 0 Å². The normalized spacial score (nSPS) is 25.8. The van der Waals surface area contributed by atoms with Crippen LogP contribution in [0.15, 0.2) is 47.1 Å². The maximum absolute atomic E-state index is 4.18. The van der Waals surface area contributed by atoms with E-state index in [0.29, 0.717) is 5.92 Å². The molecule has 1 aliphatic carbocycles. The van der Waals surface area contributed by atoms with Crippen molar-refractivity contribution < 1.29 is 0 Å². The zero-order chi connectivity index (χ0) is 15.0. The minimum absolute atomic E-state index is 0.647. The Hall–Kier alpha value is -1.04. The summed E-state index contributed by atoms with van der Waals surface area (Å²) in [6, 6.07) is 0. The van der Waals surface area contributed by atoms with E-state index in [1.165, 1.54) is 49.7 Å². The molecule has 0 saturated carbocycles. The minimum Gasteiger partial charge on any atom is -0.0998 e. The first-order valence-electron chi connectivity index (χ1n) is 8.11. The molecule has 0 radical (unpaired) electrons. The summed E-state index contributed by atoms with van der Waals surface area (Å²) in [6.07, 6.45) is 15.7. The lowest BCUT2D eigenvalue weighted by molar-refractivity contribution is 0.564. The number of allylic oxidation sites excluding steroid dienone is 7. The fourth-order valence-electron chi connectivity index (χ4n) is 2.71. The van der Waals surface area contributed by atoms with Gasteiger partial charge in [-0.1, -0.05) is 47.1 Å². The van der Waals surface area contributed by atoms with Gasteiger partial charge in [-0.25, -0.2) is 0 Å². The third-order valence-electron chi connectivity index (χ3n) is 4.40. The van der Waals surface area contributed by atoms with E-state index < -0.39 is 0 Å². The van der Waals surface area contributed by atoms with E-state index in [1.54, 1.807) is 11.1 Å². The Bertz CT molecular complexity index is 404. The maximum Gasteiger partial charge on any atom is -0.0171 e. The van der Waals surface area contributed by atoms with E-state index in [-0.39, 0.29) is 0 Å². The summed E-state index contributed by atoms with van der Waals surface area (Å²) in [4.78, 5) is 0.